The molecule has 3 aromatic rings. The summed E-state index contributed by atoms with van der Waals surface area (Å²) < 4.78 is 7.15. The van der Waals surface area contributed by atoms with E-state index in [0.29, 0.717) is 36.3 Å². The van der Waals surface area contributed by atoms with Gasteiger partial charge in [0.25, 0.3) is 5.91 Å². The minimum atomic E-state index is -0.567. The highest BCUT2D eigenvalue weighted by Crippen LogP contribution is 2.28. The summed E-state index contributed by atoms with van der Waals surface area (Å²) in [6, 6.07) is 11.4. The Balaban J connectivity index is 1.43. The molecule has 7 heteroatoms. The van der Waals surface area contributed by atoms with Crippen molar-refractivity contribution in [3.8, 4) is 0 Å². The predicted molar refractivity (Wildman–Crippen MR) is 103 cm³/mol. The molecule has 4 rings (SSSR count). The van der Waals surface area contributed by atoms with Gasteiger partial charge < -0.3 is 14.9 Å². The van der Waals surface area contributed by atoms with Crippen molar-refractivity contribution in [2.24, 2.45) is 5.92 Å². The quantitative estimate of drug-likeness (QED) is 0.685. The van der Waals surface area contributed by atoms with Gasteiger partial charge in [-0.1, -0.05) is 35.5 Å². The van der Waals surface area contributed by atoms with Crippen LogP contribution in [0.1, 0.15) is 40.2 Å². The van der Waals surface area contributed by atoms with Gasteiger partial charge in [0, 0.05) is 25.4 Å². The molecule has 1 aliphatic carbocycles. The van der Waals surface area contributed by atoms with Gasteiger partial charge in [-0.05, 0) is 37.3 Å². The molecule has 1 unspecified atom stereocenters. The van der Waals surface area contributed by atoms with Crippen LogP contribution < -0.4 is 5.32 Å². The molecule has 0 bridgehead atoms. The standard InChI is InChI=1S/C21H24N4O3/c1-14-20(18(24-28-14)10-15-6-3-2-4-7-15)21(27)23-17-11-16(12-19(17)26)13-25-9-5-8-22-25/h2-9,16-17,19,26H,10-13H2,1H3,(H,23,27)/t16?,17-,19-/m1/s1. The number of aryl methyl sites for hydroxylation is 1. The van der Waals surface area contributed by atoms with Crippen molar-refractivity contribution < 1.29 is 14.4 Å². The molecule has 2 N–H and O–H groups in total. The van der Waals surface area contributed by atoms with Crippen molar-refractivity contribution in [3.05, 3.63) is 71.4 Å². The SMILES string of the molecule is Cc1onc(Cc2ccccc2)c1C(=O)N[C@@H]1CC(Cn2cccn2)C[C@H]1O. The highest BCUT2D eigenvalue weighted by Gasteiger charge is 2.35. The zero-order valence-electron chi connectivity index (χ0n) is 15.8. The van der Waals surface area contributed by atoms with E-state index in [2.05, 4.69) is 15.6 Å². The van der Waals surface area contributed by atoms with Crippen molar-refractivity contribution in [1.29, 1.82) is 0 Å². The number of hydrogen-bond donors (Lipinski definition) is 2. The van der Waals surface area contributed by atoms with Gasteiger partial charge in [-0.25, -0.2) is 0 Å². The second-order valence-corrected chi connectivity index (χ2v) is 7.44. The summed E-state index contributed by atoms with van der Waals surface area (Å²) in [5.74, 6) is 0.519. The fourth-order valence-electron chi connectivity index (χ4n) is 3.95. The van der Waals surface area contributed by atoms with E-state index in [9.17, 15) is 9.90 Å². The first-order valence-electron chi connectivity index (χ1n) is 9.55. The van der Waals surface area contributed by atoms with Gasteiger partial charge in [-0.3, -0.25) is 9.48 Å². The Morgan fingerprint density at radius 1 is 1.29 bits per heavy atom. The van der Waals surface area contributed by atoms with Gasteiger partial charge in [0.2, 0.25) is 0 Å². The zero-order valence-corrected chi connectivity index (χ0v) is 15.8. The number of nitrogens with one attached hydrogen (secondary N) is 1. The summed E-state index contributed by atoms with van der Waals surface area (Å²) in [5, 5.41) is 21.7. The van der Waals surface area contributed by atoms with Crippen LogP contribution >= 0.6 is 0 Å². The van der Waals surface area contributed by atoms with Crippen molar-refractivity contribution >= 4 is 5.91 Å². The van der Waals surface area contributed by atoms with E-state index in [1.807, 2.05) is 47.3 Å². The highest BCUT2D eigenvalue weighted by atomic mass is 16.5. The monoisotopic (exact) mass is 380 g/mol. The third-order valence-corrected chi connectivity index (χ3v) is 5.32. The Kier molecular flexibility index (Phi) is 5.25. The molecule has 0 saturated heterocycles. The first-order valence-corrected chi connectivity index (χ1v) is 9.55. The largest absolute Gasteiger partial charge is 0.391 e. The molecule has 1 aromatic carbocycles. The Labute approximate surface area is 163 Å². The van der Waals surface area contributed by atoms with Gasteiger partial charge in [0.05, 0.1) is 12.1 Å². The van der Waals surface area contributed by atoms with Crippen LogP contribution in [0.3, 0.4) is 0 Å². The first kappa shape index (κ1) is 18.4. The van der Waals surface area contributed by atoms with E-state index in [1.54, 1.807) is 13.1 Å². The minimum absolute atomic E-state index is 0.242. The van der Waals surface area contributed by atoms with Crippen molar-refractivity contribution in [3.63, 3.8) is 0 Å². The summed E-state index contributed by atoms with van der Waals surface area (Å²) in [6.07, 6.45) is 4.97. The summed E-state index contributed by atoms with van der Waals surface area (Å²) in [5.41, 5.74) is 2.14. The summed E-state index contributed by atoms with van der Waals surface area (Å²) >= 11 is 0. The maximum Gasteiger partial charge on any atom is 0.257 e. The smallest absolute Gasteiger partial charge is 0.257 e. The molecule has 1 fully saturated rings. The third kappa shape index (κ3) is 3.99. The van der Waals surface area contributed by atoms with Crippen LogP contribution in [-0.4, -0.2) is 38.1 Å². The van der Waals surface area contributed by atoms with Crippen LogP contribution in [-0.2, 0) is 13.0 Å². The molecule has 1 amide bonds. The molecule has 0 radical (unpaired) electrons. The summed E-state index contributed by atoms with van der Waals surface area (Å²) in [7, 11) is 0. The fourth-order valence-corrected chi connectivity index (χ4v) is 3.95. The lowest BCUT2D eigenvalue weighted by molar-refractivity contribution is 0.0870. The molecule has 0 spiro atoms. The number of carbonyl (C=O) groups is 1. The zero-order chi connectivity index (χ0) is 19.5. The number of nitrogens with zero attached hydrogens (tertiary/aromatic N) is 3. The number of aromatic nitrogens is 3. The van der Waals surface area contributed by atoms with Gasteiger partial charge >= 0.3 is 0 Å². The maximum absolute atomic E-state index is 12.9. The van der Waals surface area contributed by atoms with Gasteiger partial charge in [0.15, 0.2) is 0 Å². The van der Waals surface area contributed by atoms with E-state index in [1.165, 1.54) is 0 Å². The normalized spacial score (nSPS) is 21.7. The molecule has 1 aliphatic rings. The predicted octanol–water partition coefficient (Wildman–Crippen LogP) is 2.34. The Hall–Kier alpha value is -2.93. The Morgan fingerprint density at radius 3 is 2.86 bits per heavy atom. The second kappa shape index (κ2) is 7.98. The molecule has 1 saturated carbocycles. The molecular formula is C21H24N4O3. The molecule has 3 atom stereocenters. The highest BCUT2D eigenvalue weighted by molar-refractivity contribution is 5.96. The number of aliphatic hydroxyl groups excluding tert-OH is 1. The van der Waals surface area contributed by atoms with Crippen LogP contribution in [0, 0.1) is 12.8 Å². The van der Waals surface area contributed by atoms with Crippen LogP contribution in [0.2, 0.25) is 0 Å². The van der Waals surface area contributed by atoms with Gasteiger partial charge in [-0.15, -0.1) is 0 Å². The number of aliphatic hydroxyl groups is 1. The molecule has 7 nitrogen and oxygen atoms in total. The molecule has 2 aromatic heterocycles. The maximum atomic E-state index is 12.9. The van der Waals surface area contributed by atoms with Crippen molar-refractivity contribution in [2.75, 3.05) is 0 Å². The number of benzene rings is 1. The van der Waals surface area contributed by atoms with E-state index in [0.717, 1.165) is 12.1 Å². The van der Waals surface area contributed by atoms with Crippen molar-refractivity contribution in [1.82, 2.24) is 20.3 Å². The van der Waals surface area contributed by atoms with Crippen molar-refractivity contribution in [2.45, 2.75) is 44.9 Å². The van der Waals surface area contributed by atoms with E-state index in [4.69, 9.17) is 4.52 Å². The minimum Gasteiger partial charge on any atom is -0.391 e. The average Bonchev–Trinajstić information content (AvgIpc) is 3.39. The lowest BCUT2D eigenvalue weighted by Crippen LogP contribution is -2.40. The molecule has 0 aliphatic heterocycles. The first-order chi connectivity index (χ1) is 13.6. The summed E-state index contributed by atoms with van der Waals surface area (Å²) in [6.45, 7) is 2.48. The lowest BCUT2D eigenvalue weighted by Gasteiger charge is -2.16. The van der Waals surface area contributed by atoms with Crippen LogP contribution in [0.25, 0.3) is 0 Å². The Morgan fingerprint density at radius 2 is 2.11 bits per heavy atom. The molecule has 28 heavy (non-hydrogen) atoms. The summed E-state index contributed by atoms with van der Waals surface area (Å²) in [4.78, 5) is 12.9. The third-order valence-electron chi connectivity index (χ3n) is 5.32. The molecule has 2 heterocycles. The second-order valence-electron chi connectivity index (χ2n) is 7.44. The lowest BCUT2D eigenvalue weighted by atomic mass is 10.0. The van der Waals surface area contributed by atoms with E-state index in [-0.39, 0.29) is 17.9 Å². The topological polar surface area (TPSA) is 93.2 Å². The molecular weight excluding hydrogens is 356 g/mol. The number of amides is 1. The van der Waals surface area contributed by atoms with E-state index >= 15 is 0 Å². The number of carbonyl (C=O) groups excluding carboxylic acids is 1. The number of hydrogen-bond acceptors (Lipinski definition) is 5. The van der Waals surface area contributed by atoms with Crippen LogP contribution in [0.5, 0.6) is 0 Å². The number of rotatable bonds is 6. The van der Waals surface area contributed by atoms with Gasteiger partial charge in [0.1, 0.15) is 17.0 Å². The average molecular weight is 380 g/mol. The Bertz CT molecular complexity index is 921. The van der Waals surface area contributed by atoms with Gasteiger partial charge in [-0.2, -0.15) is 5.10 Å². The van der Waals surface area contributed by atoms with Crippen LogP contribution in [0.15, 0.2) is 53.3 Å². The fraction of sp³-hybridized carbons (Fsp3) is 0.381. The molecule has 146 valence electrons. The van der Waals surface area contributed by atoms with Crippen LogP contribution in [0.4, 0.5) is 0 Å². The van der Waals surface area contributed by atoms with E-state index < -0.39 is 6.10 Å².